The van der Waals surface area contributed by atoms with E-state index >= 15 is 0 Å². The first-order chi connectivity index (χ1) is 18.2. The van der Waals surface area contributed by atoms with Crippen LogP contribution in [0.15, 0.2) is 91.3 Å². The number of benzene rings is 3. The van der Waals surface area contributed by atoms with Gasteiger partial charge in [0.2, 0.25) is 0 Å². The van der Waals surface area contributed by atoms with Gasteiger partial charge in [0, 0.05) is 67.2 Å². The van der Waals surface area contributed by atoms with E-state index in [4.69, 9.17) is 0 Å². The number of aryl methyl sites for hydroxylation is 1. The average molecular weight is 491 g/mol. The number of rotatable bonds is 6. The predicted octanol–water partition coefficient (Wildman–Crippen LogP) is 5.49. The van der Waals surface area contributed by atoms with Crippen molar-refractivity contribution in [2.75, 3.05) is 39.8 Å². The number of fused-ring (bicyclic) bond motifs is 2. The molecule has 6 rings (SSSR count). The number of hydrogen-bond donors (Lipinski definition) is 0. The molecule has 3 heterocycles. The van der Waals surface area contributed by atoms with Crippen LogP contribution in [0.4, 0.5) is 0 Å². The second kappa shape index (κ2) is 10.4. The molecule has 188 valence electrons. The molecule has 0 bridgehead atoms. The van der Waals surface area contributed by atoms with Gasteiger partial charge in [0.15, 0.2) is 0 Å². The molecule has 1 unspecified atom stereocenters. The van der Waals surface area contributed by atoms with Gasteiger partial charge >= 0.3 is 0 Å². The fourth-order valence-electron chi connectivity index (χ4n) is 5.75. The lowest BCUT2D eigenvalue weighted by Crippen LogP contribution is -2.44. The Kier molecular flexibility index (Phi) is 6.64. The lowest BCUT2D eigenvalue weighted by atomic mass is 9.90. The fraction of sp³-hybridized carbons (Fsp3) is 0.281. The summed E-state index contributed by atoms with van der Waals surface area (Å²) in [4.78, 5) is 20.7. The third-order valence-corrected chi connectivity index (χ3v) is 7.82. The van der Waals surface area contributed by atoms with Crippen molar-refractivity contribution in [2.45, 2.75) is 19.0 Å². The molecule has 0 aliphatic carbocycles. The predicted molar refractivity (Wildman–Crippen MR) is 150 cm³/mol. The molecule has 0 spiro atoms. The molecule has 1 atom stereocenters. The molecular weight excluding hydrogens is 456 g/mol. The zero-order valence-corrected chi connectivity index (χ0v) is 21.5. The SMILES string of the molecule is CN1CCN(CCCn2cc(C3c4ccccc4C=CN3C(=O)c3ccccc3)c3ccccc32)CC1. The maximum absolute atomic E-state index is 13.8. The van der Waals surface area contributed by atoms with E-state index in [2.05, 4.69) is 82.2 Å². The van der Waals surface area contributed by atoms with E-state index in [0.717, 1.165) is 56.8 Å². The number of aromatic nitrogens is 1. The first-order valence-electron chi connectivity index (χ1n) is 13.3. The zero-order valence-electron chi connectivity index (χ0n) is 21.5. The van der Waals surface area contributed by atoms with Crippen molar-refractivity contribution in [3.63, 3.8) is 0 Å². The van der Waals surface area contributed by atoms with Gasteiger partial charge in [-0.05, 0) is 55.4 Å². The van der Waals surface area contributed by atoms with Crippen molar-refractivity contribution in [3.8, 4) is 0 Å². The van der Waals surface area contributed by atoms with Gasteiger partial charge in [-0.25, -0.2) is 0 Å². The molecule has 37 heavy (non-hydrogen) atoms. The number of amides is 1. The standard InChI is InChI=1S/C32H34N4O/c1-33-20-22-34(23-21-33)17-9-18-35-24-29(28-14-7-8-15-30(28)35)31-27-13-6-5-10-25(27)16-19-36(31)32(37)26-11-3-2-4-12-26/h2-8,10-16,19,24,31H,9,17-18,20-23H2,1H3. The Morgan fingerprint density at radius 2 is 1.54 bits per heavy atom. The normalized spacial score (nSPS) is 18.3. The van der Waals surface area contributed by atoms with E-state index < -0.39 is 0 Å². The van der Waals surface area contributed by atoms with Crippen LogP contribution in [-0.4, -0.2) is 64.9 Å². The first-order valence-corrected chi connectivity index (χ1v) is 13.3. The highest BCUT2D eigenvalue weighted by atomic mass is 16.2. The zero-order chi connectivity index (χ0) is 25.2. The topological polar surface area (TPSA) is 31.7 Å². The Bertz CT molecular complexity index is 1420. The molecule has 1 fully saturated rings. The maximum Gasteiger partial charge on any atom is 0.258 e. The molecule has 1 aromatic heterocycles. The second-order valence-corrected chi connectivity index (χ2v) is 10.2. The van der Waals surface area contributed by atoms with Gasteiger partial charge in [-0.3, -0.25) is 4.79 Å². The van der Waals surface area contributed by atoms with E-state index in [9.17, 15) is 4.79 Å². The summed E-state index contributed by atoms with van der Waals surface area (Å²) < 4.78 is 2.40. The van der Waals surface area contributed by atoms with Crippen LogP contribution in [0.5, 0.6) is 0 Å². The fourth-order valence-corrected chi connectivity index (χ4v) is 5.75. The van der Waals surface area contributed by atoms with Crippen LogP contribution in [0.3, 0.4) is 0 Å². The number of likely N-dealkylation sites (N-methyl/N-ethyl adjacent to an activating group) is 1. The van der Waals surface area contributed by atoms with E-state index in [-0.39, 0.29) is 11.9 Å². The Hall–Kier alpha value is -3.67. The van der Waals surface area contributed by atoms with Crippen LogP contribution >= 0.6 is 0 Å². The molecule has 2 aliphatic rings. The van der Waals surface area contributed by atoms with Gasteiger partial charge in [-0.2, -0.15) is 0 Å². The van der Waals surface area contributed by atoms with E-state index in [1.54, 1.807) is 0 Å². The van der Waals surface area contributed by atoms with Crippen LogP contribution in [0.25, 0.3) is 17.0 Å². The van der Waals surface area contributed by atoms with Gasteiger partial charge in [0.25, 0.3) is 5.91 Å². The largest absolute Gasteiger partial charge is 0.347 e. The molecule has 5 nitrogen and oxygen atoms in total. The van der Waals surface area contributed by atoms with Gasteiger partial charge in [0.1, 0.15) is 0 Å². The molecule has 0 N–H and O–H groups in total. The third kappa shape index (κ3) is 4.73. The van der Waals surface area contributed by atoms with Gasteiger partial charge in [-0.15, -0.1) is 0 Å². The minimum absolute atomic E-state index is 0.0169. The molecule has 4 aromatic rings. The van der Waals surface area contributed by atoms with Gasteiger partial charge in [0.05, 0.1) is 6.04 Å². The van der Waals surface area contributed by atoms with Crippen LogP contribution in [0.2, 0.25) is 0 Å². The van der Waals surface area contributed by atoms with Crippen molar-refractivity contribution in [3.05, 3.63) is 114 Å². The van der Waals surface area contributed by atoms with E-state index in [1.807, 2.05) is 41.4 Å². The number of carbonyl (C=O) groups is 1. The summed E-state index contributed by atoms with van der Waals surface area (Å²) in [5.74, 6) is 0.0169. The third-order valence-electron chi connectivity index (χ3n) is 7.82. The first kappa shape index (κ1) is 23.7. The lowest BCUT2D eigenvalue weighted by molar-refractivity contribution is 0.0788. The molecular formula is C32H34N4O. The van der Waals surface area contributed by atoms with Crippen molar-refractivity contribution in [1.82, 2.24) is 19.3 Å². The number of nitrogens with zero attached hydrogens (tertiary/aromatic N) is 4. The maximum atomic E-state index is 13.8. The van der Waals surface area contributed by atoms with E-state index in [0.29, 0.717) is 5.56 Å². The van der Waals surface area contributed by atoms with Crippen molar-refractivity contribution >= 4 is 22.9 Å². The highest BCUT2D eigenvalue weighted by molar-refractivity contribution is 5.97. The van der Waals surface area contributed by atoms with Crippen LogP contribution in [-0.2, 0) is 6.54 Å². The highest BCUT2D eigenvalue weighted by Crippen LogP contribution is 2.40. The van der Waals surface area contributed by atoms with Gasteiger partial charge in [-0.1, -0.05) is 60.7 Å². The number of carbonyl (C=O) groups excluding carboxylic acids is 1. The van der Waals surface area contributed by atoms with Crippen LogP contribution in [0, 0.1) is 0 Å². The second-order valence-electron chi connectivity index (χ2n) is 10.2. The Morgan fingerprint density at radius 3 is 2.38 bits per heavy atom. The van der Waals surface area contributed by atoms with E-state index in [1.165, 1.54) is 16.5 Å². The number of hydrogen-bond acceptors (Lipinski definition) is 3. The Morgan fingerprint density at radius 1 is 0.811 bits per heavy atom. The summed E-state index contributed by atoms with van der Waals surface area (Å²) in [6.07, 6.45) is 7.42. The summed E-state index contributed by atoms with van der Waals surface area (Å²) >= 11 is 0. The smallest absolute Gasteiger partial charge is 0.258 e. The summed E-state index contributed by atoms with van der Waals surface area (Å²) in [6.45, 7) is 6.67. The quantitative estimate of drug-likeness (QED) is 0.358. The molecule has 1 amide bonds. The Labute approximate surface area is 219 Å². The lowest BCUT2D eigenvalue weighted by Gasteiger charge is -2.33. The summed E-state index contributed by atoms with van der Waals surface area (Å²) in [6, 6.07) is 26.5. The summed E-state index contributed by atoms with van der Waals surface area (Å²) in [5.41, 5.74) is 5.44. The summed E-state index contributed by atoms with van der Waals surface area (Å²) in [5, 5.41) is 1.21. The highest BCUT2D eigenvalue weighted by Gasteiger charge is 2.32. The van der Waals surface area contributed by atoms with Crippen LogP contribution in [0.1, 0.15) is 39.5 Å². The van der Waals surface area contributed by atoms with Crippen molar-refractivity contribution < 1.29 is 4.79 Å². The molecule has 0 saturated carbocycles. The monoisotopic (exact) mass is 490 g/mol. The number of para-hydroxylation sites is 1. The number of piperazine rings is 1. The van der Waals surface area contributed by atoms with Crippen LogP contribution < -0.4 is 0 Å². The average Bonchev–Trinajstić information content (AvgIpc) is 3.32. The van der Waals surface area contributed by atoms with Gasteiger partial charge < -0.3 is 19.3 Å². The Balaban J connectivity index is 1.35. The molecule has 1 saturated heterocycles. The molecule has 2 aliphatic heterocycles. The molecule has 5 heteroatoms. The minimum Gasteiger partial charge on any atom is -0.347 e. The van der Waals surface area contributed by atoms with Crippen molar-refractivity contribution in [1.29, 1.82) is 0 Å². The molecule has 0 radical (unpaired) electrons. The minimum atomic E-state index is -0.183. The van der Waals surface area contributed by atoms with Crippen molar-refractivity contribution in [2.24, 2.45) is 0 Å². The molecule has 3 aromatic carbocycles. The summed E-state index contributed by atoms with van der Waals surface area (Å²) in [7, 11) is 2.20.